The van der Waals surface area contributed by atoms with Crippen LogP contribution in [0.1, 0.15) is 41.4 Å². The first-order valence-electron chi connectivity index (χ1n) is 6.20. The summed E-state index contributed by atoms with van der Waals surface area (Å²) in [5.41, 5.74) is 0.303. The van der Waals surface area contributed by atoms with E-state index in [1.165, 1.54) is 0 Å². The van der Waals surface area contributed by atoms with Crippen LogP contribution >= 0.6 is 0 Å². The van der Waals surface area contributed by atoms with Gasteiger partial charge in [-0.05, 0) is 12.8 Å². The standard InChI is InChI=1S/C12H12N2O4/c15-11(8-4-10(18-13-8)6-1-2-6)14-5-7-3-9(14)12(16)17-7/h4,6-7,9H,1-3,5H2/t7-,9+/m1/s1. The molecular weight excluding hydrogens is 236 g/mol. The third-order valence-electron chi connectivity index (χ3n) is 3.81. The largest absolute Gasteiger partial charge is 0.459 e. The van der Waals surface area contributed by atoms with Crippen molar-refractivity contribution < 1.29 is 18.8 Å². The van der Waals surface area contributed by atoms with Crippen LogP contribution in [0.5, 0.6) is 0 Å². The van der Waals surface area contributed by atoms with E-state index >= 15 is 0 Å². The van der Waals surface area contributed by atoms with Gasteiger partial charge in [0, 0.05) is 18.4 Å². The van der Waals surface area contributed by atoms with Gasteiger partial charge in [-0.15, -0.1) is 0 Å². The molecule has 18 heavy (non-hydrogen) atoms. The van der Waals surface area contributed by atoms with E-state index in [2.05, 4.69) is 5.16 Å². The van der Waals surface area contributed by atoms with Gasteiger partial charge in [0.25, 0.3) is 5.91 Å². The van der Waals surface area contributed by atoms with Crippen molar-refractivity contribution >= 4 is 11.9 Å². The molecule has 3 heterocycles. The fourth-order valence-electron chi connectivity index (χ4n) is 2.67. The molecule has 1 aliphatic carbocycles. The average Bonchev–Trinajstić information content (AvgIpc) is 2.83. The zero-order valence-electron chi connectivity index (χ0n) is 9.67. The molecule has 0 unspecified atom stereocenters. The Kier molecular flexibility index (Phi) is 1.87. The monoisotopic (exact) mass is 248 g/mol. The van der Waals surface area contributed by atoms with Crippen LogP contribution in [0.25, 0.3) is 0 Å². The van der Waals surface area contributed by atoms with Gasteiger partial charge in [0.05, 0.1) is 6.54 Å². The molecule has 1 amide bonds. The number of nitrogens with zero attached hydrogens (tertiary/aromatic N) is 2. The number of likely N-dealkylation sites (tertiary alicyclic amines) is 1. The summed E-state index contributed by atoms with van der Waals surface area (Å²) in [7, 11) is 0. The van der Waals surface area contributed by atoms with Crippen LogP contribution in [0.4, 0.5) is 0 Å². The lowest BCUT2D eigenvalue weighted by Crippen LogP contribution is -2.44. The summed E-state index contributed by atoms with van der Waals surface area (Å²) in [6, 6.07) is 1.28. The van der Waals surface area contributed by atoms with E-state index in [-0.39, 0.29) is 18.0 Å². The minimum Gasteiger partial charge on any atom is -0.459 e. The Morgan fingerprint density at radius 1 is 1.44 bits per heavy atom. The molecule has 2 aliphatic heterocycles. The minimum absolute atomic E-state index is 0.138. The van der Waals surface area contributed by atoms with Gasteiger partial charge in [0.1, 0.15) is 17.9 Å². The Morgan fingerprint density at radius 3 is 2.94 bits per heavy atom. The van der Waals surface area contributed by atoms with Gasteiger partial charge >= 0.3 is 5.97 Å². The molecular formula is C12H12N2O4. The van der Waals surface area contributed by atoms with Crippen LogP contribution in [0.2, 0.25) is 0 Å². The Balaban J connectivity index is 1.57. The highest BCUT2D eigenvalue weighted by Gasteiger charge is 2.49. The number of carbonyl (C=O) groups excluding carboxylic acids is 2. The molecule has 1 aromatic heterocycles. The van der Waals surface area contributed by atoms with Crippen LogP contribution in [0.15, 0.2) is 10.6 Å². The fraction of sp³-hybridized carbons (Fsp3) is 0.583. The number of esters is 1. The van der Waals surface area contributed by atoms with Crippen molar-refractivity contribution in [2.75, 3.05) is 6.54 Å². The molecule has 2 saturated heterocycles. The maximum absolute atomic E-state index is 12.2. The highest BCUT2D eigenvalue weighted by atomic mass is 16.6. The lowest BCUT2D eigenvalue weighted by Gasteiger charge is -2.24. The number of fused-ring (bicyclic) bond motifs is 2. The predicted molar refractivity (Wildman–Crippen MR) is 57.8 cm³/mol. The second-order valence-corrected chi connectivity index (χ2v) is 5.16. The molecule has 3 aliphatic rings. The van der Waals surface area contributed by atoms with Crippen molar-refractivity contribution in [3.05, 3.63) is 17.5 Å². The van der Waals surface area contributed by atoms with Crippen molar-refractivity contribution in [3.63, 3.8) is 0 Å². The SMILES string of the molecule is O=C1O[C@@H]2C[C@@H]1N(C(=O)c1cc(C3CC3)on1)C2. The quantitative estimate of drug-likeness (QED) is 0.720. The Morgan fingerprint density at radius 2 is 2.28 bits per heavy atom. The molecule has 1 saturated carbocycles. The summed E-state index contributed by atoms with van der Waals surface area (Å²) in [5, 5.41) is 3.81. The first kappa shape index (κ1) is 10.1. The van der Waals surface area contributed by atoms with Gasteiger partial charge in [-0.2, -0.15) is 0 Å². The summed E-state index contributed by atoms with van der Waals surface area (Å²) in [6.45, 7) is 0.473. The summed E-state index contributed by atoms with van der Waals surface area (Å²) in [5.74, 6) is 0.685. The molecule has 6 nitrogen and oxygen atoms in total. The molecule has 94 valence electrons. The maximum Gasteiger partial charge on any atom is 0.329 e. The topological polar surface area (TPSA) is 72.6 Å². The molecule has 2 atom stereocenters. The number of ether oxygens (including phenoxy) is 1. The second kappa shape index (κ2) is 3.34. The fourth-order valence-corrected chi connectivity index (χ4v) is 2.67. The zero-order valence-corrected chi connectivity index (χ0v) is 9.67. The number of hydrogen-bond acceptors (Lipinski definition) is 5. The average molecular weight is 248 g/mol. The van der Waals surface area contributed by atoms with E-state index in [1.807, 2.05) is 0 Å². The molecule has 0 aromatic carbocycles. The van der Waals surface area contributed by atoms with Crippen molar-refractivity contribution in [2.24, 2.45) is 0 Å². The van der Waals surface area contributed by atoms with E-state index in [9.17, 15) is 9.59 Å². The smallest absolute Gasteiger partial charge is 0.329 e. The highest BCUT2D eigenvalue weighted by Crippen LogP contribution is 2.40. The predicted octanol–water partition coefficient (Wildman–Crippen LogP) is 0.692. The maximum atomic E-state index is 12.2. The molecule has 0 N–H and O–H groups in total. The van der Waals surface area contributed by atoms with Crippen LogP contribution in [0, 0.1) is 0 Å². The van der Waals surface area contributed by atoms with Gasteiger partial charge < -0.3 is 14.2 Å². The first-order valence-corrected chi connectivity index (χ1v) is 6.20. The first-order chi connectivity index (χ1) is 8.72. The molecule has 0 radical (unpaired) electrons. The number of aromatic nitrogens is 1. The van der Waals surface area contributed by atoms with Gasteiger partial charge in [-0.1, -0.05) is 5.16 Å². The van der Waals surface area contributed by atoms with Crippen molar-refractivity contribution in [3.8, 4) is 0 Å². The van der Waals surface area contributed by atoms with Crippen LogP contribution in [0.3, 0.4) is 0 Å². The lowest BCUT2D eigenvalue weighted by atomic mass is 10.2. The normalized spacial score (nSPS) is 29.8. The number of amides is 1. The van der Waals surface area contributed by atoms with Gasteiger partial charge in [-0.3, -0.25) is 4.79 Å². The Bertz CT molecular complexity index is 534. The number of hydrogen-bond donors (Lipinski definition) is 0. The van der Waals surface area contributed by atoms with Crippen LogP contribution in [-0.2, 0) is 9.53 Å². The lowest BCUT2D eigenvalue weighted by molar-refractivity contribution is -0.149. The van der Waals surface area contributed by atoms with E-state index in [0.29, 0.717) is 24.6 Å². The summed E-state index contributed by atoms with van der Waals surface area (Å²) in [4.78, 5) is 25.2. The Labute approximate surface area is 103 Å². The van der Waals surface area contributed by atoms with Gasteiger partial charge in [-0.25, -0.2) is 4.79 Å². The molecule has 4 rings (SSSR count). The van der Waals surface area contributed by atoms with E-state index in [1.54, 1.807) is 11.0 Å². The molecule has 0 spiro atoms. The van der Waals surface area contributed by atoms with E-state index in [0.717, 1.165) is 18.6 Å². The van der Waals surface area contributed by atoms with Crippen LogP contribution < -0.4 is 0 Å². The van der Waals surface area contributed by atoms with Gasteiger partial charge in [0.2, 0.25) is 0 Å². The van der Waals surface area contributed by atoms with Gasteiger partial charge in [0.15, 0.2) is 5.69 Å². The van der Waals surface area contributed by atoms with Crippen LogP contribution in [-0.4, -0.2) is 40.6 Å². The molecule has 3 fully saturated rings. The zero-order chi connectivity index (χ0) is 12.3. The second-order valence-electron chi connectivity index (χ2n) is 5.16. The minimum atomic E-state index is -0.427. The third kappa shape index (κ3) is 1.38. The summed E-state index contributed by atoms with van der Waals surface area (Å²) >= 11 is 0. The summed E-state index contributed by atoms with van der Waals surface area (Å²) in [6.07, 6.45) is 2.67. The number of morpholine rings is 1. The van der Waals surface area contributed by atoms with Crippen molar-refractivity contribution in [1.82, 2.24) is 10.1 Å². The molecule has 2 bridgehead atoms. The van der Waals surface area contributed by atoms with E-state index < -0.39 is 6.04 Å². The molecule has 6 heteroatoms. The number of carbonyl (C=O) groups is 2. The highest BCUT2D eigenvalue weighted by molar-refractivity contribution is 5.96. The third-order valence-corrected chi connectivity index (χ3v) is 3.81. The van der Waals surface area contributed by atoms with E-state index in [4.69, 9.17) is 9.26 Å². The summed E-state index contributed by atoms with van der Waals surface area (Å²) < 4.78 is 10.2. The van der Waals surface area contributed by atoms with Crippen molar-refractivity contribution in [1.29, 1.82) is 0 Å². The van der Waals surface area contributed by atoms with Crippen molar-refractivity contribution in [2.45, 2.75) is 37.3 Å². The molecule has 1 aromatic rings. The Hall–Kier alpha value is -1.85. The number of rotatable bonds is 2.